The summed E-state index contributed by atoms with van der Waals surface area (Å²) in [7, 11) is 1.81. The number of hydrogen-bond donors (Lipinski definition) is 1. The van der Waals surface area contributed by atoms with Crippen LogP contribution in [0.4, 0.5) is 5.82 Å². The topological polar surface area (TPSA) is 46.9 Å². The maximum atomic E-state index is 11.9. The monoisotopic (exact) mass is 309 g/mol. The predicted molar refractivity (Wildman–Crippen MR) is 79.5 cm³/mol. The summed E-state index contributed by atoms with van der Waals surface area (Å²) in [5, 5.41) is 8.25. The van der Waals surface area contributed by atoms with Crippen LogP contribution in [0.3, 0.4) is 0 Å². The number of aryl methyl sites for hydroxylation is 2. The number of rotatable bonds is 1. The molecule has 1 aliphatic rings. The van der Waals surface area contributed by atoms with Crippen LogP contribution >= 0.6 is 23.2 Å². The van der Waals surface area contributed by atoms with Crippen LogP contribution in [0.2, 0.25) is 10.0 Å². The number of anilines is 1. The van der Waals surface area contributed by atoms with E-state index in [0.29, 0.717) is 16.5 Å². The van der Waals surface area contributed by atoms with Gasteiger partial charge in [-0.3, -0.25) is 9.48 Å². The van der Waals surface area contributed by atoms with Crippen molar-refractivity contribution in [2.75, 3.05) is 5.32 Å². The second kappa shape index (κ2) is 4.79. The largest absolute Gasteiger partial charge is 0.311 e. The highest BCUT2D eigenvalue weighted by atomic mass is 35.5. The SMILES string of the molecule is Cc1nn(C)c2c1[C@@H](c1cccc(Cl)c1Cl)CC(=O)N2. The van der Waals surface area contributed by atoms with Crippen LogP contribution in [-0.2, 0) is 11.8 Å². The van der Waals surface area contributed by atoms with E-state index in [9.17, 15) is 4.79 Å². The molecule has 0 aliphatic carbocycles. The number of hydrogen-bond acceptors (Lipinski definition) is 2. The molecule has 4 nitrogen and oxygen atoms in total. The highest BCUT2D eigenvalue weighted by molar-refractivity contribution is 6.42. The summed E-state index contributed by atoms with van der Waals surface area (Å²) in [6.45, 7) is 1.93. The van der Waals surface area contributed by atoms with E-state index in [2.05, 4.69) is 10.4 Å². The Morgan fingerprint density at radius 2 is 2.15 bits per heavy atom. The molecule has 0 fully saturated rings. The molecule has 1 amide bonds. The first-order valence-corrected chi connectivity index (χ1v) is 7.02. The minimum absolute atomic E-state index is 0.0402. The zero-order valence-corrected chi connectivity index (χ0v) is 12.6. The predicted octanol–water partition coefficient (Wildman–Crippen LogP) is 3.51. The van der Waals surface area contributed by atoms with Crippen molar-refractivity contribution in [3.8, 4) is 0 Å². The van der Waals surface area contributed by atoms with Gasteiger partial charge in [0, 0.05) is 24.9 Å². The van der Waals surface area contributed by atoms with Crippen molar-refractivity contribution in [1.29, 1.82) is 0 Å². The van der Waals surface area contributed by atoms with Gasteiger partial charge in [-0.05, 0) is 18.6 Å². The van der Waals surface area contributed by atoms with E-state index in [1.54, 1.807) is 10.7 Å². The van der Waals surface area contributed by atoms with Crippen LogP contribution in [0.5, 0.6) is 0 Å². The smallest absolute Gasteiger partial charge is 0.226 e. The van der Waals surface area contributed by atoms with Gasteiger partial charge in [0.2, 0.25) is 5.91 Å². The van der Waals surface area contributed by atoms with Crippen LogP contribution in [-0.4, -0.2) is 15.7 Å². The Morgan fingerprint density at radius 3 is 2.90 bits per heavy atom. The summed E-state index contributed by atoms with van der Waals surface area (Å²) >= 11 is 12.4. The van der Waals surface area contributed by atoms with Gasteiger partial charge in [-0.2, -0.15) is 5.10 Å². The molecule has 0 bridgehead atoms. The molecule has 2 aromatic rings. The molecule has 2 heterocycles. The summed E-state index contributed by atoms with van der Waals surface area (Å²) < 4.78 is 1.69. The van der Waals surface area contributed by atoms with E-state index < -0.39 is 0 Å². The standard InChI is InChI=1S/C14H13Cl2N3O/c1-7-12-9(8-4-3-5-10(15)13(8)16)6-11(20)17-14(12)19(2)18-7/h3-5,9H,6H2,1-2H3,(H,17,20)/t9-/m1/s1. The van der Waals surface area contributed by atoms with Crippen molar-refractivity contribution >= 4 is 34.9 Å². The van der Waals surface area contributed by atoms with Gasteiger partial charge in [0.15, 0.2) is 0 Å². The molecule has 1 aromatic heterocycles. The Balaban J connectivity index is 2.21. The quantitative estimate of drug-likeness (QED) is 0.876. The first kappa shape index (κ1) is 13.5. The molecule has 6 heteroatoms. The van der Waals surface area contributed by atoms with Crippen molar-refractivity contribution in [3.63, 3.8) is 0 Å². The number of halogens is 2. The Bertz CT molecular complexity index is 709. The zero-order valence-electron chi connectivity index (χ0n) is 11.1. The fourth-order valence-electron chi connectivity index (χ4n) is 2.77. The fraction of sp³-hybridized carbons (Fsp3) is 0.286. The molecular formula is C14H13Cl2N3O. The van der Waals surface area contributed by atoms with Crippen molar-refractivity contribution in [1.82, 2.24) is 9.78 Å². The Kier molecular flexibility index (Phi) is 3.22. The van der Waals surface area contributed by atoms with Crippen LogP contribution in [0.15, 0.2) is 18.2 Å². The number of carbonyl (C=O) groups excluding carboxylic acids is 1. The maximum Gasteiger partial charge on any atom is 0.226 e. The van der Waals surface area contributed by atoms with E-state index in [4.69, 9.17) is 23.2 Å². The number of nitrogens with zero attached hydrogens (tertiary/aromatic N) is 2. The zero-order chi connectivity index (χ0) is 14.4. The van der Waals surface area contributed by atoms with Crippen LogP contribution < -0.4 is 5.32 Å². The molecule has 0 unspecified atom stereocenters. The van der Waals surface area contributed by atoms with E-state index in [-0.39, 0.29) is 11.8 Å². The lowest BCUT2D eigenvalue weighted by Gasteiger charge is -2.25. The van der Waals surface area contributed by atoms with Crippen LogP contribution in [0, 0.1) is 6.92 Å². The number of fused-ring (bicyclic) bond motifs is 1. The summed E-state index contributed by atoms with van der Waals surface area (Å²) in [5.41, 5.74) is 2.77. The summed E-state index contributed by atoms with van der Waals surface area (Å²) in [5.74, 6) is 0.583. The van der Waals surface area contributed by atoms with Gasteiger partial charge in [-0.25, -0.2) is 0 Å². The number of benzene rings is 1. The lowest BCUT2D eigenvalue weighted by atomic mass is 9.86. The number of carbonyl (C=O) groups is 1. The number of amides is 1. The summed E-state index contributed by atoms with van der Waals surface area (Å²) in [6, 6.07) is 5.50. The average molecular weight is 310 g/mol. The first-order chi connectivity index (χ1) is 9.49. The Hall–Kier alpha value is -1.52. The second-order valence-electron chi connectivity index (χ2n) is 4.92. The highest BCUT2D eigenvalue weighted by Crippen LogP contribution is 2.42. The van der Waals surface area contributed by atoms with Crippen molar-refractivity contribution < 1.29 is 4.79 Å². The van der Waals surface area contributed by atoms with Gasteiger partial charge in [-0.1, -0.05) is 35.3 Å². The van der Waals surface area contributed by atoms with E-state index in [0.717, 1.165) is 22.6 Å². The van der Waals surface area contributed by atoms with E-state index in [1.165, 1.54) is 0 Å². The lowest BCUT2D eigenvalue weighted by Crippen LogP contribution is -2.24. The molecule has 1 aromatic carbocycles. The molecule has 1 atom stereocenters. The van der Waals surface area contributed by atoms with Gasteiger partial charge in [0.05, 0.1) is 15.7 Å². The molecule has 1 aliphatic heterocycles. The van der Waals surface area contributed by atoms with Crippen molar-refractivity contribution in [3.05, 3.63) is 45.1 Å². The molecule has 0 radical (unpaired) electrons. The van der Waals surface area contributed by atoms with E-state index in [1.807, 2.05) is 26.1 Å². The van der Waals surface area contributed by atoms with Gasteiger partial charge in [-0.15, -0.1) is 0 Å². The third kappa shape index (κ3) is 2.00. The normalized spacial score (nSPS) is 17.8. The van der Waals surface area contributed by atoms with Crippen LogP contribution in [0.1, 0.15) is 29.2 Å². The Morgan fingerprint density at radius 1 is 1.40 bits per heavy atom. The number of aromatic nitrogens is 2. The second-order valence-corrected chi connectivity index (χ2v) is 5.70. The fourth-order valence-corrected chi connectivity index (χ4v) is 3.21. The highest BCUT2D eigenvalue weighted by Gasteiger charge is 2.32. The maximum absolute atomic E-state index is 11.9. The Labute approximate surface area is 126 Å². The van der Waals surface area contributed by atoms with Gasteiger partial charge in [0.1, 0.15) is 5.82 Å². The molecule has 0 saturated carbocycles. The van der Waals surface area contributed by atoms with Gasteiger partial charge < -0.3 is 5.32 Å². The molecule has 1 N–H and O–H groups in total. The molecule has 3 rings (SSSR count). The molecule has 0 spiro atoms. The average Bonchev–Trinajstić information content (AvgIpc) is 2.67. The van der Waals surface area contributed by atoms with Crippen LogP contribution in [0.25, 0.3) is 0 Å². The molecule has 20 heavy (non-hydrogen) atoms. The number of nitrogens with one attached hydrogen (secondary N) is 1. The summed E-state index contributed by atoms with van der Waals surface area (Å²) in [6.07, 6.45) is 0.347. The minimum atomic E-state index is -0.112. The third-order valence-electron chi connectivity index (χ3n) is 3.62. The van der Waals surface area contributed by atoms with Gasteiger partial charge >= 0.3 is 0 Å². The lowest BCUT2D eigenvalue weighted by molar-refractivity contribution is -0.116. The molecule has 104 valence electrons. The van der Waals surface area contributed by atoms with Crippen molar-refractivity contribution in [2.45, 2.75) is 19.3 Å². The molecule has 0 saturated heterocycles. The summed E-state index contributed by atoms with van der Waals surface area (Å²) in [4.78, 5) is 11.9. The van der Waals surface area contributed by atoms with Gasteiger partial charge in [0.25, 0.3) is 0 Å². The van der Waals surface area contributed by atoms with Crippen molar-refractivity contribution in [2.24, 2.45) is 7.05 Å². The third-order valence-corrected chi connectivity index (χ3v) is 4.45. The van der Waals surface area contributed by atoms with E-state index >= 15 is 0 Å². The first-order valence-electron chi connectivity index (χ1n) is 6.26. The minimum Gasteiger partial charge on any atom is -0.311 e. The molecular weight excluding hydrogens is 297 g/mol.